The van der Waals surface area contributed by atoms with E-state index in [-0.39, 0.29) is 11.8 Å². The molecule has 0 aromatic heterocycles. The van der Waals surface area contributed by atoms with Crippen LogP contribution in [0.5, 0.6) is 0 Å². The minimum atomic E-state index is -2.62. The first-order chi connectivity index (χ1) is 8.06. The molecule has 17 heavy (non-hydrogen) atoms. The Hall–Kier alpha value is 0.0169. The first-order valence-corrected chi connectivity index (χ1v) is 8.03. The van der Waals surface area contributed by atoms with Crippen molar-refractivity contribution in [2.45, 2.75) is 51.4 Å². The van der Waals surface area contributed by atoms with E-state index in [9.17, 15) is 0 Å². The largest absolute Gasteiger partial charge is 0.517 e. The number of hydrogen-bond donors (Lipinski definition) is 2. The van der Waals surface area contributed by atoms with E-state index in [1.807, 2.05) is 6.92 Å². The molecule has 0 heterocycles. The van der Waals surface area contributed by atoms with Crippen LogP contribution in [-0.2, 0) is 13.3 Å². The van der Waals surface area contributed by atoms with E-state index in [2.05, 4.69) is 12.2 Å². The van der Waals surface area contributed by atoms with Gasteiger partial charge in [0.1, 0.15) is 0 Å². The predicted octanol–water partition coefficient (Wildman–Crippen LogP) is 1.25. The molecule has 0 rings (SSSR count). The molecule has 0 saturated heterocycles. The van der Waals surface area contributed by atoms with Crippen molar-refractivity contribution in [1.82, 2.24) is 5.32 Å². The van der Waals surface area contributed by atoms with Crippen LogP contribution in [0.3, 0.4) is 0 Å². The molecule has 0 aliphatic carbocycles. The quantitative estimate of drug-likeness (QED) is 0.353. The second-order valence-electron chi connectivity index (χ2n) is 4.21. The lowest BCUT2D eigenvalue weighted by molar-refractivity contribution is 0.107. The average molecular weight is 264 g/mol. The van der Waals surface area contributed by atoms with Gasteiger partial charge in [-0.1, -0.05) is 26.2 Å². The van der Waals surface area contributed by atoms with Gasteiger partial charge >= 0.3 is 8.80 Å². The van der Waals surface area contributed by atoms with Crippen molar-refractivity contribution in [2.75, 3.05) is 21.3 Å². The average Bonchev–Trinajstić information content (AvgIpc) is 2.32. The highest BCUT2D eigenvalue weighted by Crippen LogP contribution is 2.12. The van der Waals surface area contributed by atoms with Crippen molar-refractivity contribution in [1.29, 1.82) is 0 Å². The fourth-order valence-corrected chi connectivity index (χ4v) is 3.88. The zero-order valence-corrected chi connectivity index (χ0v) is 12.8. The molecule has 0 bridgehead atoms. The molecule has 0 aromatic rings. The van der Waals surface area contributed by atoms with Gasteiger partial charge < -0.3 is 19.0 Å². The van der Waals surface area contributed by atoms with Gasteiger partial charge in [0, 0.05) is 21.3 Å². The van der Waals surface area contributed by atoms with E-state index >= 15 is 0 Å². The van der Waals surface area contributed by atoms with Gasteiger partial charge in [-0.05, 0) is 13.3 Å². The molecule has 0 fully saturated rings. The Balaban J connectivity index is 4.16. The SMILES string of the molecule is CCCCCC(N)NC(C)[Si](OC)(OC)OC. The van der Waals surface area contributed by atoms with Crippen molar-refractivity contribution < 1.29 is 13.3 Å². The van der Waals surface area contributed by atoms with Crippen LogP contribution in [0.25, 0.3) is 0 Å². The van der Waals surface area contributed by atoms with Crippen LogP contribution in [0.15, 0.2) is 0 Å². The number of hydrogen-bond acceptors (Lipinski definition) is 5. The molecule has 0 saturated carbocycles. The Kier molecular flexibility index (Phi) is 9.02. The van der Waals surface area contributed by atoms with Crippen LogP contribution in [0.4, 0.5) is 0 Å². The van der Waals surface area contributed by atoms with Crippen LogP contribution in [0.1, 0.15) is 39.5 Å². The number of unbranched alkanes of at least 4 members (excludes halogenated alkanes) is 2. The summed E-state index contributed by atoms with van der Waals surface area (Å²) in [7, 11) is 2.21. The third-order valence-corrected chi connectivity index (χ3v) is 5.90. The molecule has 0 amide bonds. The van der Waals surface area contributed by atoms with Crippen molar-refractivity contribution in [3.63, 3.8) is 0 Å². The maximum atomic E-state index is 6.02. The Morgan fingerprint density at radius 2 is 1.65 bits per heavy atom. The molecule has 0 aromatic carbocycles. The first kappa shape index (κ1) is 17.0. The van der Waals surface area contributed by atoms with Crippen LogP contribution in [0.2, 0.25) is 0 Å². The van der Waals surface area contributed by atoms with Gasteiger partial charge in [-0.25, -0.2) is 0 Å². The molecule has 0 spiro atoms. The Morgan fingerprint density at radius 3 is 2.06 bits per heavy atom. The summed E-state index contributed by atoms with van der Waals surface area (Å²) in [6.07, 6.45) is 4.47. The third kappa shape index (κ3) is 5.46. The minimum Gasteiger partial charge on any atom is -0.376 e. The lowest BCUT2D eigenvalue weighted by Gasteiger charge is -2.32. The van der Waals surface area contributed by atoms with Gasteiger partial charge in [-0.15, -0.1) is 0 Å². The third-order valence-electron chi connectivity index (χ3n) is 2.97. The fraction of sp³-hybridized carbons (Fsp3) is 1.00. The number of nitrogens with two attached hydrogens (primary N) is 1. The van der Waals surface area contributed by atoms with Crippen LogP contribution in [-0.4, -0.2) is 42.0 Å². The van der Waals surface area contributed by atoms with Gasteiger partial charge in [0.05, 0.1) is 11.8 Å². The Bertz CT molecular complexity index is 183. The molecule has 104 valence electrons. The second kappa shape index (κ2) is 9.01. The molecule has 0 aliphatic heterocycles. The van der Waals surface area contributed by atoms with Gasteiger partial charge in [0.25, 0.3) is 0 Å². The van der Waals surface area contributed by atoms with Gasteiger partial charge in [-0.3, -0.25) is 5.32 Å². The fourth-order valence-electron chi connectivity index (χ4n) is 1.90. The standard InChI is InChI=1S/C11H28N2O3Si/c1-6-7-8-9-11(12)13-10(2)17(14-3,15-4)16-5/h10-11,13H,6-9,12H2,1-5H3. The van der Waals surface area contributed by atoms with Crippen LogP contribution < -0.4 is 11.1 Å². The first-order valence-electron chi connectivity index (χ1n) is 6.23. The molecule has 2 atom stereocenters. The lowest BCUT2D eigenvalue weighted by atomic mass is 10.2. The van der Waals surface area contributed by atoms with E-state index in [0.717, 1.165) is 12.8 Å². The molecular formula is C11H28N2O3Si. The minimum absolute atomic E-state index is 0.0147. The maximum Gasteiger partial charge on any atom is 0.517 e. The topological polar surface area (TPSA) is 65.7 Å². The number of nitrogens with one attached hydrogen (secondary N) is 1. The van der Waals surface area contributed by atoms with Gasteiger partial charge in [0.15, 0.2) is 0 Å². The predicted molar refractivity (Wildman–Crippen MR) is 71.5 cm³/mol. The summed E-state index contributed by atoms with van der Waals surface area (Å²) >= 11 is 0. The molecule has 0 radical (unpaired) electrons. The smallest absolute Gasteiger partial charge is 0.376 e. The summed E-state index contributed by atoms with van der Waals surface area (Å²) < 4.78 is 16.2. The summed E-state index contributed by atoms with van der Waals surface area (Å²) in [5, 5.41) is 3.30. The Labute approximate surface area is 106 Å². The molecular weight excluding hydrogens is 236 g/mol. The van der Waals surface area contributed by atoms with Crippen LogP contribution in [0, 0.1) is 0 Å². The van der Waals surface area contributed by atoms with Gasteiger partial charge in [0.2, 0.25) is 0 Å². The lowest BCUT2D eigenvalue weighted by Crippen LogP contribution is -2.62. The van der Waals surface area contributed by atoms with Crippen molar-refractivity contribution >= 4 is 8.80 Å². The van der Waals surface area contributed by atoms with Crippen molar-refractivity contribution in [2.24, 2.45) is 5.73 Å². The summed E-state index contributed by atoms with van der Waals surface area (Å²) in [6.45, 7) is 4.17. The normalized spacial score (nSPS) is 15.9. The molecule has 0 aliphatic rings. The summed E-state index contributed by atoms with van der Waals surface area (Å²) in [6, 6.07) is 0. The van der Waals surface area contributed by atoms with E-state index in [1.165, 1.54) is 12.8 Å². The van der Waals surface area contributed by atoms with Crippen molar-refractivity contribution in [3.8, 4) is 0 Å². The molecule has 3 N–H and O–H groups in total. The molecule has 6 heteroatoms. The molecule has 2 unspecified atom stereocenters. The van der Waals surface area contributed by atoms with E-state index in [4.69, 9.17) is 19.0 Å². The zero-order chi connectivity index (χ0) is 13.3. The highest BCUT2D eigenvalue weighted by Gasteiger charge is 2.45. The highest BCUT2D eigenvalue weighted by atomic mass is 28.4. The Morgan fingerprint density at radius 1 is 1.12 bits per heavy atom. The van der Waals surface area contributed by atoms with E-state index in [1.54, 1.807) is 21.3 Å². The summed E-state index contributed by atoms with van der Waals surface area (Å²) in [5.41, 5.74) is 6.01. The monoisotopic (exact) mass is 264 g/mol. The number of rotatable bonds is 10. The maximum absolute atomic E-state index is 6.02. The van der Waals surface area contributed by atoms with E-state index < -0.39 is 8.80 Å². The van der Waals surface area contributed by atoms with Crippen LogP contribution >= 0.6 is 0 Å². The molecule has 5 nitrogen and oxygen atoms in total. The van der Waals surface area contributed by atoms with Gasteiger partial charge in [-0.2, -0.15) is 0 Å². The zero-order valence-electron chi connectivity index (χ0n) is 11.8. The highest BCUT2D eigenvalue weighted by molar-refractivity contribution is 6.62. The van der Waals surface area contributed by atoms with Crippen molar-refractivity contribution in [3.05, 3.63) is 0 Å². The summed E-state index contributed by atoms with van der Waals surface area (Å²) in [5.74, 6) is 0. The second-order valence-corrected chi connectivity index (χ2v) is 7.50. The van der Waals surface area contributed by atoms with E-state index in [0.29, 0.717) is 0 Å². The summed E-state index contributed by atoms with van der Waals surface area (Å²) in [4.78, 5) is 0.